The third-order valence-electron chi connectivity index (χ3n) is 5.06. The summed E-state index contributed by atoms with van der Waals surface area (Å²) in [6.07, 6.45) is 6.14. The van der Waals surface area contributed by atoms with Gasteiger partial charge in [0.1, 0.15) is 18.1 Å². The molecule has 0 aliphatic heterocycles. The topological polar surface area (TPSA) is 92.3 Å². The Morgan fingerprint density at radius 2 is 1.55 bits per heavy atom. The van der Waals surface area contributed by atoms with Crippen molar-refractivity contribution in [2.45, 2.75) is 12.8 Å². The summed E-state index contributed by atoms with van der Waals surface area (Å²) in [5, 5.41) is 4.47. The molecule has 1 aliphatic rings. The molecule has 3 rings (SSSR count). The molecule has 0 atom stereocenters. The second kappa shape index (κ2) is 12.6. The Kier molecular flexibility index (Phi) is 9.29. The SMILES string of the molecule is C=CC(=O)OCCOCCOCCNC(=O)Oc1c2c(c(OC)c3ccccc13)CC=CC2. The van der Waals surface area contributed by atoms with E-state index < -0.39 is 12.1 Å². The predicted octanol–water partition coefficient (Wildman–Crippen LogP) is 3.35. The lowest BCUT2D eigenvalue weighted by atomic mass is 9.91. The van der Waals surface area contributed by atoms with Crippen LogP contribution in [0.5, 0.6) is 11.5 Å². The molecule has 1 amide bonds. The highest BCUT2D eigenvalue weighted by Crippen LogP contribution is 2.42. The van der Waals surface area contributed by atoms with Gasteiger partial charge in [0.15, 0.2) is 0 Å². The molecule has 8 heteroatoms. The van der Waals surface area contributed by atoms with Crippen molar-refractivity contribution < 1.29 is 33.3 Å². The maximum Gasteiger partial charge on any atom is 0.412 e. The van der Waals surface area contributed by atoms with E-state index in [1.807, 2.05) is 24.3 Å². The zero-order chi connectivity index (χ0) is 23.5. The van der Waals surface area contributed by atoms with Gasteiger partial charge in [-0.05, 0) is 12.8 Å². The van der Waals surface area contributed by atoms with Gasteiger partial charge in [-0.3, -0.25) is 0 Å². The van der Waals surface area contributed by atoms with Crippen molar-refractivity contribution in [1.82, 2.24) is 5.32 Å². The number of carbonyl (C=O) groups is 2. The first kappa shape index (κ1) is 24.3. The Labute approximate surface area is 193 Å². The molecule has 176 valence electrons. The maximum atomic E-state index is 12.5. The van der Waals surface area contributed by atoms with Crippen molar-refractivity contribution in [3.8, 4) is 11.5 Å². The van der Waals surface area contributed by atoms with Gasteiger partial charge >= 0.3 is 12.1 Å². The molecule has 0 heterocycles. The third-order valence-corrected chi connectivity index (χ3v) is 5.06. The average Bonchev–Trinajstić information content (AvgIpc) is 2.85. The van der Waals surface area contributed by atoms with Crippen LogP contribution in [0.3, 0.4) is 0 Å². The minimum absolute atomic E-state index is 0.164. The van der Waals surface area contributed by atoms with E-state index in [9.17, 15) is 9.59 Å². The third kappa shape index (κ3) is 6.57. The molecule has 0 radical (unpaired) electrons. The average molecular weight is 456 g/mol. The summed E-state index contributed by atoms with van der Waals surface area (Å²) in [6, 6.07) is 7.75. The van der Waals surface area contributed by atoms with Crippen molar-refractivity contribution in [2.24, 2.45) is 0 Å². The molecule has 1 aliphatic carbocycles. The molecule has 0 aromatic heterocycles. The second-order valence-electron chi connectivity index (χ2n) is 7.16. The first-order chi connectivity index (χ1) is 16.2. The van der Waals surface area contributed by atoms with E-state index >= 15 is 0 Å². The number of hydrogen-bond donors (Lipinski definition) is 1. The molecule has 0 saturated heterocycles. The zero-order valence-electron chi connectivity index (χ0n) is 18.8. The summed E-state index contributed by atoms with van der Waals surface area (Å²) >= 11 is 0. The number of esters is 1. The predicted molar refractivity (Wildman–Crippen MR) is 124 cm³/mol. The fraction of sp³-hybridized carbons (Fsp3) is 0.360. The normalized spacial score (nSPS) is 12.2. The lowest BCUT2D eigenvalue weighted by molar-refractivity contribution is -0.139. The van der Waals surface area contributed by atoms with Crippen molar-refractivity contribution in [3.63, 3.8) is 0 Å². The van der Waals surface area contributed by atoms with Crippen LogP contribution in [0.1, 0.15) is 11.1 Å². The standard InChI is InChI=1S/C25H29NO7/c1-3-22(27)32-17-16-31-15-14-30-13-12-26-25(28)33-24-20-10-6-4-8-18(20)23(29-2)19-9-5-7-11-21(19)24/h3-8,10H,1,9,11-17H2,2H3,(H,26,28). The Morgan fingerprint density at radius 1 is 0.939 bits per heavy atom. The highest BCUT2D eigenvalue weighted by molar-refractivity contribution is 5.97. The lowest BCUT2D eigenvalue weighted by Gasteiger charge is -2.22. The Bertz CT molecular complexity index is 1020. The number of fused-ring (bicyclic) bond motifs is 2. The number of benzene rings is 2. The number of carbonyl (C=O) groups excluding carboxylic acids is 2. The Hall–Kier alpha value is -3.36. The molecule has 33 heavy (non-hydrogen) atoms. The fourth-order valence-corrected chi connectivity index (χ4v) is 3.60. The van der Waals surface area contributed by atoms with Crippen LogP contribution in [0, 0.1) is 0 Å². The summed E-state index contributed by atoms with van der Waals surface area (Å²) in [7, 11) is 1.66. The highest BCUT2D eigenvalue weighted by Gasteiger charge is 2.23. The number of nitrogens with one attached hydrogen (secondary N) is 1. The first-order valence-corrected chi connectivity index (χ1v) is 10.8. The van der Waals surface area contributed by atoms with Gasteiger partial charge in [0, 0.05) is 34.5 Å². The monoisotopic (exact) mass is 455 g/mol. The summed E-state index contributed by atoms with van der Waals surface area (Å²) in [6.45, 7) is 5.08. The van der Waals surface area contributed by atoms with E-state index in [0.29, 0.717) is 38.5 Å². The van der Waals surface area contributed by atoms with Gasteiger partial charge in [0.05, 0.1) is 33.5 Å². The van der Waals surface area contributed by atoms with Crippen LogP contribution >= 0.6 is 0 Å². The Balaban J connectivity index is 1.46. The number of rotatable bonds is 12. The van der Waals surface area contributed by atoms with E-state index in [2.05, 4.69) is 24.0 Å². The molecule has 0 saturated carbocycles. The molecule has 0 unspecified atom stereocenters. The quantitative estimate of drug-likeness (QED) is 0.227. The van der Waals surface area contributed by atoms with Crippen LogP contribution in [-0.2, 0) is 31.8 Å². The molecule has 0 fully saturated rings. The van der Waals surface area contributed by atoms with Crippen LogP contribution < -0.4 is 14.8 Å². The summed E-state index contributed by atoms with van der Waals surface area (Å²) in [5.74, 6) is 0.911. The minimum atomic E-state index is -0.536. The molecule has 0 bridgehead atoms. The van der Waals surface area contributed by atoms with E-state index in [4.69, 9.17) is 23.7 Å². The lowest BCUT2D eigenvalue weighted by Crippen LogP contribution is -2.30. The van der Waals surface area contributed by atoms with Crippen molar-refractivity contribution in [3.05, 3.63) is 60.2 Å². The van der Waals surface area contributed by atoms with Gasteiger partial charge < -0.3 is 29.0 Å². The highest BCUT2D eigenvalue weighted by atomic mass is 16.6. The van der Waals surface area contributed by atoms with Crippen LogP contribution in [0.2, 0.25) is 0 Å². The minimum Gasteiger partial charge on any atom is -0.496 e. The fourth-order valence-electron chi connectivity index (χ4n) is 3.60. The van der Waals surface area contributed by atoms with Gasteiger partial charge in [-0.1, -0.05) is 43.0 Å². The van der Waals surface area contributed by atoms with Crippen molar-refractivity contribution >= 4 is 22.8 Å². The van der Waals surface area contributed by atoms with Gasteiger partial charge in [-0.25, -0.2) is 9.59 Å². The largest absolute Gasteiger partial charge is 0.496 e. The molecule has 2 aromatic rings. The Morgan fingerprint density at radius 3 is 2.21 bits per heavy atom. The maximum absolute atomic E-state index is 12.5. The summed E-state index contributed by atoms with van der Waals surface area (Å²) in [4.78, 5) is 23.4. The summed E-state index contributed by atoms with van der Waals surface area (Å²) in [5.41, 5.74) is 2.01. The molecule has 0 spiro atoms. The van der Waals surface area contributed by atoms with E-state index in [-0.39, 0.29) is 13.2 Å². The molecule has 1 N–H and O–H groups in total. The smallest absolute Gasteiger partial charge is 0.412 e. The van der Waals surface area contributed by atoms with E-state index in [1.165, 1.54) is 0 Å². The van der Waals surface area contributed by atoms with Crippen molar-refractivity contribution in [2.75, 3.05) is 46.7 Å². The zero-order valence-corrected chi connectivity index (χ0v) is 18.8. The number of methoxy groups -OCH3 is 1. The van der Waals surface area contributed by atoms with Crippen molar-refractivity contribution in [1.29, 1.82) is 0 Å². The molecule has 8 nitrogen and oxygen atoms in total. The summed E-state index contributed by atoms with van der Waals surface area (Å²) < 4.78 is 27.0. The second-order valence-corrected chi connectivity index (χ2v) is 7.16. The number of amides is 1. The molecule has 2 aromatic carbocycles. The van der Waals surface area contributed by atoms with Gasteiger partial charge in [0.25, 0.3) is 0 Å². The van der Waals surface area contributed by atoms with E-state index in [1.54, 1.807) is 7.11 Å². The molecular formula is C25H29NO7. The van der Waals surface area contributed by atoms with Gasteiger partial charge in [-0.2, -0.15) is 0 Å². The van der Waals surface area contributed by atoms with Crippen LogP contribution in [0.25, 0.3) is 10.8 Å². The van der Waals surface area contributed by atoms with Gasteiger partial charge in [0.2, 0.25) is 0 Å². The van der Waals surface area contributed by atoms with Crippen LogP contribution in [0.15, 0.2) is 49.1 Å². The van der Waals surface area contributed by atoms with E-state index in [0.717, 1.165) is 40.1 Å². The van der Waals surface area contributed by atoms with Gasteiger partial charge in [-0.15, -0.1) is 0 Å². The first-order valence-electron chi connectivity index (χ1n) is 10.8. The number of ether oxygens (including phenoxy) is 5. The number of allylic oxidation sites excluding steroid dienone is 2. The molecular weight excluding hydrogens is 426 g/mol. The number of hydrogen-bond acceptors (Lipinski definition) is 7. The van der Waals surface area contributed by atoms with Crippen LogP contribution in [0.4, 0.5) is 4.79 Å². The van der Waals surface area contributed by atoms with Crippen LogP contribution in [-0.4, -0.2) is 58.8 Å².